The van der Waals surface area contributed by atoms with Crippen molar-refractivity contribution in [3.05, 3.63) is 29.8 Å². The summed E-state index contributed by atoms with van der Waals surface area (Å²) in [6.07, 6.45) is 4.44. The van der Waals surface area contributed by atoms with Crippen molar-refractivity contribution in [3.63, 3.8) is 0 Å². The number of hydrogen-bond donors (Lipinski definition) is 2. The Kier molecular flexibility index (Phi) is 6.99. The first-order chi connectivity index (χ1) is 11.4. The van der Waals surface area contributed by atoms with Gasteiger partial charge in [0.2, 0.25) is 0 Å². The predicted molar refractivity (Wildman–Crippen MR) is 100 cm³/mol. The maximum absolute atomic E-state index is 12.1. The molecule has 1 fully saturated rings. The fourth-order valence-corrected chi connectivity index (χ4v) is 3.63. The van der Waals surface area contributed by atoms with E-state index in [-0.39, 0.29) is 17.6 Å². The summed E-state index contributed by atoms with van der Waals surface area (Å²) in [6, 6.07) is 8.15. The van der Waals surface area contributed by atoms with E-state index >= 15 is 0 Å². The number of nitrogens with one attached hydrogen (secondary N) is 2. The monoisotopic (exact) mass is 350 g/mol. The zero-order chi connectivity index (χ0) is 17.6. The molecule has 0 aromatic heterocycles. The minimum Gasteiger partial charge on any atom is -0.377 e. The smallest absolute Gasteiger partial charge is 0.315 e. The first-order valence-electron chi connectivity index (χ1n) is 8.66. The molecule has 1 heterocycles. The topological polar surface area (TPSA) is 50.4 Å². The van der Waals surface area contributed by atoms with Crippen molar-refractivity contribution in [2.75, 3.05) is 19.4 Å². The quantitative estimate of drug-likeness (QED) is 0.788. The van der Waals surface area contributed by atoms with Crippen LogP contribution < -0.4 is 10.6 Å². The predicted octanol–water partition coefficient (Wildman–Crippen LogP) is 4.05. The van der Waals surface area contributed by atoms with Crippen LogP contribution in [0.4, 0.5) is 4.79 Å². The molecule has 1 aliphatic heterocycles. The fourth-order valence-electron chi connectivity index (χ4n) is 3.22. The SMILES string of the molecule is CSc1ccc(CNC(=O)NCC2CCCOC2C(C)(C)C)cc1. The molecule has 24 heavy (non-hydrogen) atoms. The van der Waals surface area contributed by atoms with Crippen molar-refractivity contribution in [2.24, 2.45) is 11.3 Å². The Morgan fingerprint density at radius 2 is 1.96 bits per heavy atom. The van der Waals surface area contributed by atoms with Gasteiger partial charge in [-0.25, -0.2) is 4.79 Å². The van der Waals surface area contributed by atoms with Gasteiger partial charge >= 0.3 is 6.03 Å². The molecule has 0 spiro atoms. The van der Waals surface area contributed by atoms with Gasteiger partial charge in [0.15, 0.2) is 0 Å². The summed E-state index contributed by atoms with van der Waals surface area (Å²) in [7, 11) is 0. The molecule has 1 aromatic carbocycles. The lowest BCUT2D eigenvalue weighted by molar-refractivity contribution is -0.0837. The number of thioether (sulfide) groups is 1. The van der Waals surface area contributed by atoms with E-state index in [2.05, 4.69) is 61.9 Å². The summed E-state index contributed by atoms with van der Waals surface area (Å²) in [5.41, 5.74) is 1.21. The number of benzene rings is 1. The van der Waals surface area contributed by atoms with Crippen LogP contribution in [0.5, 0.6) is 0 Å². The molecule has 2 rings (SSSR count). The minimum atomic E-state index is -0.109. The molecule has 2 amide bonds. The van der Waals surface area contributed by atoms with E-state index in [4.69, 9.17) is 4.74 Å². The molecule has 1 aliphatic rings. The summed E-state index contributed by atoms with van der Waals surface area (Å²) < 4.78 is 5.96. The highest BCUT2D eigenvalue weighted by Gasteiger charge is 2.35. The number of hydrogen-bond acceptors (Lipinski definition) is 3. The van der Waals surface area contributed by atoms with Crippen LogP contribution in [0.25, 0.3) is 0 Å². The van der Waals surface area contributed by atoms with Crippen LogP contribution in [0.15, 0.2) is 29.2 Å². The van der Waals surface area contributed by atoms with Gasteiger partial charge in [-0.2, -0.15) is 0 Å². The third-order valence-corrected chi connectivity index (χ3v) is 5.18. The van der Waals surface area contributed by atoms with Gasteiger partial charge in [-0.3, -0.25) is 0 Å². The normalized spacial score (nSPS) is 21.3. The van der Waals surface area contributed by atoms with E-state index in [0.29, 0.717) is 19.0 Å². The zero-order valence-corrected chi connectivity index (χ0v) is 16.0. The number of carbonyl (C=O) groups excluding carboxylic acids is 1. The Morgan fingerprint density at radius 1 is 1.25 bits per heavy atom. The summed E-state index contributed by atoms with van der Waals surface area (Å²) >= 11 is 1.72. The number of amides is 2. The van der Waals surface area contributed by atoms with E-state index in [9.17, 15) is 4.79 Å². The third kappa shape index (κ3) is 5.71. The van der Waals surface area contributed by atoms with Crippen LogP contribution >= 0.6 is 11.8 Å². The Hall–Kier alpha value is -1.20. The Balaban J connectivity index is 1.77. The molecule has 2 unspecified atom stereocenters. The molecule has 1 saturated heterocycles. The highest BCUT2D eigenvalue weighted by molar-refractivity contribution is 7.98. The molecule has 2 atom stereocenters. The van der Waals surface area contributed by atoms with Crippen molar-refractivity contribution in [1.29, 1.82) is 0 Å². The molecule has 1 aromatic rings. The van der Waals surface area contributed by atoms with Crippen LogP contribution in [0.3, 0.4) is 0 Å². The van der Waals surface area contributed by atoms with Crippen LogP contribution in [0.2, 0.25) is 0 Å². The lowest BCUT2D eigenvalue weighted by Gasteiger charge is -2.40. The van der Waals surface area contributed by atoms with Crippen molar-refractivity contribution < 1.29 is 9.53 Å². The molecule has 0 aliphatic carbocycles. The van der Waals surface area contributed by atoms with Gasteiger partial charge in [-0.05, 0) is 42.2 Å². The maximum Gasteiger partial charge on any atom is 0.315 e. The third-order valence-electron chi connectivity index (χ3n) is 4.44. The van der Waals surface area contributed by atoms with Gasteiger partial charge in [0.1, 0.15) is 0 Å². The maximum atomic E-state index is 12.1. The number of rotatable bonds is 5. The summed E-state index contributed by atoms with van der Waals surface area (Å²) in [6.45, 7) is 8.65. The van der Waals surface area contributed by atoms with E-state index in [1.54, 1.807) is 11.8 Å². The van der Waals surface area contributed by atoms with Crippen molar-refractivity contribution >= 4 is 17.8 Å². The average Bonchev–Trinajstić information content (AvgIpc) is 2.58. The lowest BCUT2D eigenvalue weighted by atomic mass is 9.78. The fraction of sp³-hybridized carbons (Fsp3) is 0.632. The van der Waals surface area contributed by atoms with Gasteiger partial charge < -0.3 is 15.4 Å². The molecule has 134 valence electrons. The van der Waals surface area contributed by atoms with Crippen LogP contribution in [0.1, 0.15) is 39.2 Å². The van der Waals surface area contributed by atoms with Gasteiger partial charge in [0.05, 0.1) is 6.10 Å². The summed E-state index contributed by atoms with van der Waals surface area (Å²) in [5.74, 6) is 0.380. The Labute approximate surface area is 150 Å². The van der Waals surface area contributed by atoms with Crippen molar-refractivity contribution in [2.45, 2.75) is 51.2 Å². The first kappa shape index (κ1) is 19.1. The second kappa shape index (κ2) is 8.77. The largest absolute Gasteiger partial charge is 0.377 e. The molecular formula is C19H30N2O2S. The van der Waals surface area contributed by atoms with Gasteiger partial charge in [0, 0.05) is 30.5 Å². The van der Waals surface area contributed by atoms with E-state index in [1.165, 1.54) is 4.90 Å². The average molecular weight is 351 g/mol. The Bertz CT molecular complexity index is 525. The van der Waals surface area contributed by atoms with E-state index in [1.807, 2.05) is 0 Å². The second-order valence-corrected chi connectivity index (χ2v) is 8.35. The first-order valence-corrected chi connectivity index (χ1v) is 9.89. The van der Waals surface area contributed by atoms with Gasteiger partial charge in [-0.15, -0.1) is 11.8 Å². The molecule has 4 nitrogen and oxygen atoms in total. The molecule has 0 saturated carbocycles. The summed E-state index contributed by atoms with van der Waals surface area (Å²) in [4.78, 5) is 13.3. The molecule has 0 bridgehead atoms. The zero-order valence-electron chi connectivity index (χ0n) is 15.2. The highest BCUT2D eigenvalue weighted by atomic mass is 32.2. The lowest BCUT2D eigenvalue weighted by Crippen LogP contribution is -2.46. The van der Waals surface area contributed by atoms with Gasteiger partial charge in [-0.1, -0.05) is 32.9 Å². The molecule has 0 radical (unpaired) electrons. The molecule has 2 N–H and O–H groups in total. The van der Waals surface area contributed by atoms with Crippen LogP contribution in [-0.2, 0) is 11.3 Å². The van der Waals surface area contributed by atoms with Crippen molar-refractivity contribution in [3.8, 4) is 0 Å². The van der Waals surface area contributed by atoms with Gasteiger partial charge in [0.25, 0.3) is 0 Å². The van der Waals surface area contributed by atoms with E-state index < -0.39 is 0 Å². The Morgan fingerprint density at radius 3 is 2.58 bits per heavy atom. The molecule has 5 heteroatoms. The summed E-state index contributed by atoms with van der Waals surface area (Å²) in [5, 5.41) is 5.95. The minimum absolute atomic E-state index is 0.0995. The highest BCUT2D eigenvalue weighted by Crippen LogP contribution is 2.33. The second-order valence-electron chi connectivity index (χ2n) is 7.47. The standard InChI is InChI=1S/C19H30N2O2S/c1-19(2,3)17-15(6-5-11-23-17)13-21-18(22)20-12-14-7-9-16(24-4)10-8-14/h7-10,15,17H,5-6,11-13H2,1-4H3,(H2,20,21,22). The number of carbonyl (C=O) groups is 1. The van der Waals surface area contributed by atoms with Crippen molar-refractivity contribution in [1.82, 2.24) is 10.6 Å². The van der Waals surface area contributed by atoms with Crippen LogP contribution in [-0.4, -0.2) is 31.5 Å². The van der Waals surface area contributed by atoms with Crippen LogP contribution in [0, 0.1) is 11.3 Å². The van der Waals surface area contributed by atoms with E-state index in [0.717, 1.165) is 25.0 Å². The number of urea groups is 1. The molecular weight excluding hydrogens is 320 g/mol. The number of ether oxygens (including phenoxy) is 1.